The maximum atomic E-state index is 11.5. The highest BCUT2D eigenvalue weighted by Gasteiger charge is 2.24. The van der Waals surface area contributed by atoms with Crippen LogP contribution in [0.25, 0.3) is 0 Å². The number of rotatable bonds is 4. The molecule has 2 atom stereocenters. The van der Waals surface area contributed by atoms with Crippen LogP contribution in [0.15, 0.2) is 54.1 Å². The Morgan fingerprint density at radius 1 is 1.32 bits per heavy atom. The van der Waals surface area contributed by atoms with E-state index >= 15 is 0 Å². The van der Waals surface area contributed by atoms with Gasteiger partial charge in [-0.15, -0.1) is 0 Å². The lowest BCUT2D eigenvalue weighted by Crippen LogP contribution is -2.23. The van der Waals surface area contributed by atoms with Gasteiger partial charge in [0.2, 0.25) is 0 Å². The summed E-state index contributed by atoms with van der Waals surface area (Å²) in [5, 5.41) is 3.36. The third-order valence-electron chi connectivity index (χ3n) is 3.30. The van der Waals surface area contributed by atoms with Crippen LogP contribution in [-0.2, 0) is 9.53 Å². The van der Waals surface area contributed by atoms with Crippen molar-refractivity contribution in [3.05, 3.63) is 54.1 Å². The largest absolute Gasteiger partial charge is 0.469 e. The van der Waals surface area contributed by atoms with Gasteiger partial charge in [-0.25, -0.2) is 0 Å². The van der Waals surface area contributed by atoms with Gasteiger partial charge in [0.25, 0.3) is 0 Å². The molecule has 0 aromatic heterocycles. The van der Waals surface area contributed by atoms with Gasteiger partial charge in [-0.05, 0) is 23.6 Å². The minimum Gasteiger partial charge on any atom is -0.469 e. The smallest absolute Gasteiger partial charge is 0.313 e. The Labute approximate surface area is 114 Å². The average Bonchev–Trinajstić information content (AvgIpc) is 2.45. The summed E-state index contributed by atoms with van der Waals surface area (Å²) in [6.45, 7) is 2.80. The van der Waals surface area contributed by atoms with Crippen molar-refractivity contribution in [2.24, 2.45) is 11.8 Å². The lowest BCUT2D eigenvalue weighted by atomic mass is 9.87. The molecule has 1 aliphatic carbocycles. The Morgan fingerprint density at radius 3 is 2.68 bits per heavy atom. The molecule has 3 heteroatoms. The third kappa shape index (κ3) is 3.47. The number of methoxy groups -OCH3 is 1. The maximum Gasteiger partial charge on any atom is 0.313 e. The van der Waals surface area contributed by atoms with Crippen LogP contribution in [0, 0.1) is 11.8 Å². The Morgan fingerprint density at radius 2 is 2.05 bits per heavy atom. The normalized spacial score (nSPS) is 21.7. The highest BCUT2D eigenvalue weighted by molar-refractivity contribution is 5.75. The molecule has 0 fully saturated rings. The zero-order chi connectivity index (χ0) is 13.7. The number of para-hydroxylation sites is 1. The quantitative estimate of drug-likeness (QED) is 0.843. The highest BCUT2D eigenvalue weighted by atomic mass is 16.5. The van der Waals surface area contributed by atoms with Gasteiger partial charge in [-0.1, -0.05) is 43.4 Å². The molecule has 0 spiro atoms. The van der Waals surface area contributed by atoms with Gasteiger partial charge >= 0.3 is 5.97 Å². The van der Waals surface area contributed by atoms with Crippen LogP contribution >= 0.6 is 0 Å². The Kier molecular flexibility index (Phi) is 4.39. The SMILES string of the molecule is COC(=O)C1C=CC(CNc2ccccc2)=CC1C. The summed E-state index contributed by atoms with van der Waals surface area (Å²) in [7, 11) is 1.43. The van der Waals surface area contributed by atoms with Crippen molar-refractivity contribution >= 4 is 11.7 Å². The molecule has 3 nitrogen and oxygen atoms in total. The topological polar surface area (TPSA) is 38.3 Å². The second-order valence-corrected chi connectivity index (χ2v) is 4.73. The standard InChI is InChI=1S/C16H19NO2/c1-12-10-13(8-9-15(12)16(18)19-2)11-17-14-6-4-3-5-7-14/h3-10,12,15,17H,11H2,1-2H3. The van der Waals surface area contributed by atoms with Crippen molar-refractivity contribution < 1.29 is 9.53 Å². The first-order valence-electron chi connectivity index (χ1n) is 6.46. The van der Waals surface area contributed by atoms with E-state index in [0.717, 1.165) is 12.2 Å². The van der Waals surface area contributed by atoms with Crippen LogP contribution < -0.4 is 5.32 Å². The first kappa shape index (κ1) is 13.4. The second kappa shape index (κ2) is 6.23. The van der Waals surface area contributed by atoms with Gasteiger partial charge in [0.15, 0.2) is 0 Å². The van der Waals surface area contributed by atoms with Crippen molar-refractivity contribution in [2.75, 3.05) is 19.0 Å². The van der Waals surface area contributed by atoms with Crippen molar-refractivity contribution in [1.29, 1.82) is 0 Å². The summed E-state index contributed by atoms with van der Waals surface area (Å²) in [5.74, 6) is -0.162. The highest BCUT2D eigenvalue weighted by Crippen LogP contribution is 2.24. The van der Waals surface area contributed by atoms with Crippen LogP contribution in [0.2, 0.25) is 0 Å². The first-order valence-corrected chi connectivity index (χ1v) is 6.46. The van der Waals surface area contributed by atoms with Crippen molar-refractivity contribution in [2.45, 2.75) is 6.92 Å². The predicted molar refractivity (Wildman–Crippen MR) is 76.8 cm³/mol. The summed E-state index contributed by atoms with van der Waals surface area (Å²) in [4.78, 5) is 11.5. The number of carbonyl (C=O) groups is 1. The maximum absolute atomic E-state index is 11.5. The van der Waals surface area contributed by atoms with E-state index in [2.05, 4.69) is 11.4 Å². The zero-order valence-electron chi connectivity index (χ0n) is 11.3. The van der Waals surface area contributed by atoms with Gasteiger partial charge in [0, 0.05) is 12.2 Å². The molecule has 2 rings (SSSR count). The number of allylic oxidation sites excluding steroid dienone is 1. The number of esters is 1. The molecule has 0 heterocycles. The summed E-state index contributed by atoms with van der Waals surface area (Å²) < 4.78 is 4.79. The molecule has 0 radical (unpaired) electrons. The lowest BCUT2D eigenvalue weighted by Gasteiger charge is -2.21. The van der Waals surface area contributed by atoms with Crippen LogP contribution in [0.3, 0.4) is 0 Å². The average molecular weight is 257 g/mol. The van der Waals surface area contributed by atoms with Crippen molar-refractivity contribution in [3.8, 4) is 0 Å². The van der Waals surface area contributed by atoms with Crippen molar-refractivity contribution in [3.63, 3.8) is 0 Å². The molecule has 0 bridgehead atoms. The van der Waals surface area contributed by atoms with Crippen LogP contribution in [0.4, 0.5) is 5.69 Å². The molecular weight excluding hydrogens is 238 g/mol. The molecule has 0 aliphatic heterocycles. The van der Waals surface area contributed by atoms with E-state index in [9.17, 15) is 4.79 Å². The molecule has 1 N–H and O–H groups in total. The number of anilines is 1. The van der Waals surface area contributed by atoms with Crippen molar-refractivity contribution in [1.82, 2.24) is 0 Å². The molecular formula is C16H19NO2. The van der Waals surface area contributed by atoms with Gasteiger partial charge < -0.3 is 10.1 Å². The predicted octanol–water partition coefficient (Wildman–Crippen LogP) is 3.02. The van der Waals surface area contributed by atoms with E-state index in [1.54, 1.807) is 0 Å². The lowest BCUT2D eigenvalue weighted by molar-refractivity contribution is -0.144. The molecule has 0 amide bonds. The number of nitrogens with one attached hydrogen (secondary N) is 1. The fraction of sp³-hybridized carbons (Fsp3) is 0.312. The first-order chi connectivity index (χ1) is 9.20. The van der Waals surface area contributed by atoms with Gasteiger partial charge in [0.05, 0.1) is 13.0 Å². The van der Waals surface area contributed by atoms with Crippen LogP contribution in [0.1, 0.15) is 6.92 Å². The summed E-state index contributed by atoms with van der Waals surface area (Å²) >= 11 is 0. The van der Waals surface area contributed by atoms with E-state index in [0.29, 0.717) is 0 Å². The fourth-order valence-electron chi connectivity index (χ4n) is 2.21. The fourth-order valence-corrected chi connectivity index (χ4v) is 2.21. The van der Waals surface area contributed by atoms with E-state index < -0.39 is 0 Å². The minimum absolute atomic E-state index is 0.162. The molecule has 2 unspecified atom stereocenters. The minimum atomic E-state index is -0.171. The molecule has 1 aliphatic rings. The number of ether oxygens (including phenoxy) is 1. The number of benzene rings is 1. The molecule has 0 saturated heterocycles. The number of hydrogen-bond acceptors (Lipinski definition) is 3. The Bertz CT molecular complexity index is 491. The Hall–Kier alpha value is -2.03. The molecule has 0 saturated carbocycles. The number of hydrogen-bond donors (Lipinski definition) is 1. The second-order valence-electron chi connectivity index (χ2n) is 4.73. The molecule has 19 heavy (non-hydrogen) atoms. The van der Waals surface area contributed by atoms with E-state index in [1.165, 1.54) is 12.7 Å². The van der Waals surface area contributed by atoms with Crippen LogP contribution in [-0.4, -0.2) is 19.6 Å². The Balaban J connectivity index is 1.93. The van der Waals surface area contributed by atoms with Crippen LogP contribution in [0.5, 0.6) is 0 Å². The third-order valence-corrected chi connectivity index (χ3v) is 3.30. The van der Waals surface area contributed by atoms with Gasteiger partial charge in [0.1, 0.15) is 0 Å². The zero-order valence-corrected chi connectivity index (χ0v) is 11.3. The van der Waals surface area contributed by atoms with E-state index in [-0.39, 0.29) is 17.8 Å². The summed E-state index contributed by atoms with van der Waals surface area (Å²) in [5.41, 5.74) is 2.29. The van der Waals surface area contributed by atoms with Gasteiger partial charge in [-0.3, -0.25) is 4.79 Å². The molecule has 100 valence electrons. The van der Waals surface area contributed by atoms with E-state index in [4.69, 9.17) is 4.74 Å². The molecule has 1 aromatic rings. The summed E-state index contributed by atoms with van der Waals surface area (Å²) in [6.07, 6.45) is 6.05. The summed E-state index contributed by atoms with van der Waals surface area (Å²) in [6, 6.07) is 10.1. The van der Waals surface area contributed by atoms with Gasteiger partial charge in [-0.2, -0.15) is 0 Å². The number of carbonyl (C=O) groups excluding carboxylic acids is 1. The van der Waals surface area contributed by atoms with E-state index in [1.807, 2.05) is 49.4 Å². The molecule has 1 aromatic carbocycles. The monoisotopic (exact) mass is 257 g/mol.